The maximum absolute atomic E-state index is 10.6. The summed E-state index contributed by atoms with van der Waals surface area (Å²) in [6.45, 7) is 9.00. The first-order valence-electron chi connectivity index (χ1n) is 7.85. The van der Waals surface area contributed by atoms with E-state index in [9.17, 15) is 4.79 Å². The second kappa shape index (κ2) is 7.57. The number of piperazine rings is 1. The van der Waals surface area contributed by atoms with E-state index in [-0.39, 0.29) is 6.42 Å². The highest BCUT2D eigenvalue weighted by Gasteiger charge is 2.23. The summed E-state index contributed by atoms with van der Waals surface area (Å²) in [5.74, 6) is -0.705. The molecule has 1 aliphatic heterocycles. The van der Waals surface area contributed by atoms with Gasteiger partial charge in [-0.15, -0.1) is 0 Å². The number of carboxylic acids is 1. The molecule has 0 saturated carbocycles. The highest BCUT2D eigenvalue weighted by molar-refractivity contribution is 5.66. The van der Waals surface area contributed by atoms with Crippen LogP contribution in [0.4, 0.5) is 0 Å². The van der Waals surface area contributed by atoms with Crippen molar-refractivity contribution in [3.05, 3.63) is 35.4 Å². The molecule has 1 aromatic carbocycles. The smallest absolute Gasteiger partial charge is 0.304 e. The van der Waals surface area contributed by atoms with Crippen LogP contribution in [0.15, 0.2) is 24.3 Å². The van der Waals surface area contributed by atoms with E-state index in [0.29, 0.717) is 12.6 Å². The lowest BCUT2D eigenvalue weighted by atomic mass is 10.0. The Balaban J connectivity index is 1.90. The number of nitrogens with zero attached hydrogens (tertiary/aromatic N) is 2. The molecule has 116 valence electrons. The highest BCUT2D eigenvalue weighted by Crippen LogP contribution is 2.25. The minimum Gasteiger partial charge on any atom is -0.481 e. The van der Waals surface area contributed by atoms with Gasteiger partial charge in [0.1, 0.15) is 0 Å². The van der Waals surface area contributed by atoms with Gasteiger partial charge in [0, 0.05) is 38.8 Å². The Morgan fingerprint density at radius 3 is 2.33 bits per heavy atom. The Kier molecular flexibility index (Phi) is 5.76. The van der Waals surface area contributed by atoms with Crippen LogP contribution < -0.4 is 0 Å². The molecule has 21 heavy (non-hydrogen) atoms. The fraction of sp³-hybridized carbons (Fsp3) is 0.588. The van der Waals surface area contributed by atoms with Gasteiger partial charge in [-0.25, -0.2) is 0 Å². The second-order valence-electron chi connectivity index (χ2n) is 5.86. The molecule has 1 aliphatic rings. The molecular weight excluding hydrogens is 264 g/mol. The number of hydrogen-bond donors (Lipinski definition) is 1. The fourth-order valence-corrected chi connectivity index (χ4v) is 3.05. The maximum Gasteiger partial charge on any atom is 0.304 e. The monoisotopic (exact) mass is 290 g/mol. The first kappa shape index (κ1) is 16.0. The largest absolute Gasteiger partial charge is 0.481 e. The van der Waals surface area contributed by atoms with Crippen LogP contribution >= 0.6 is 0 Å². The number of rotatable bonds is 6. The number of aliphatic carboxylic acids is 1. The molecule has 1 fully saturated rings. The summed E-state index contributed by atoms with van der Waals surface area (Å²) in [4.78, 5) is 15.4. The van der Waals surface area contributed by atoms with E-state index in [1.165, 1.54) is 11.1 Å². The number of aryl methyl sites for hydroxylation is 1. The van der Waals surface area contributed by atoms with Crippen molar-refractivity contribution >= 4 is 5.97 Å². The minimum absolute atomic E-state index is 0.245. The van der Waals surface area contributed by atoms with E-state index in [2.05, 4.69) is 47.9 Å². The molecule has 0 aromatic heterocycles. The molecule has 1 heterocycles. The third kappa shape index (κ3) is 4.55. The summed E-state index contributed by atoms with van der Waals surface area (Å²) >= 11 is 0. The van der Waals surface area contributed by atoms with Crippen LogP contribution in [0.2, 0.25) is 0 Å². The topological polar surface area (TPSA) is 43.8 Å². The Hall–Kier alpha value is -1.39. The maximum atomic E-state index is 10.6. The van der Waals surface area contributed by atoms with Gasteiger partial charge in [0.25, 0.3) is 0 Å². The standard InChI is InChI=1S/C17H26N2O2/c1-3-16(15-6-4-14(2)5-7-15)19-12-10-18(11-13-19)9-8-17(20)21/h4-7,16H,3,8-13H2,1-2H3,(H,20,21). The predicted octanol–water partition coefficient (Wildman–Crippen LogP) is 2.54. The quantitative estimate of drug-likeness (QED) is 0.874. The Morgan fingerprint density at radius 2 is 1.81 bits per heavy atom. The van der Waals surface area contributed by atoms with E-state index in [4.69, 9.17) is 5.11 Å². The molecule has 1 saturated heterocycles. The molecule has 0 radical (unpaired) electrons. The van der Waals surface area contributed by atoms with Crippen molar-refractivity contribution in [2.75, 3.05) is 32.7 Å². The lowest BCUT2D eigenvalue weighted by Crippen LogP contribution is -2.47. The molecule has 1 atom stereocenters. The van der Waals surface area contributed by atoms with Gasteiger partial charge in [0.15, 0.2) is 0 Å². The van der Waals surface area contributed by atoms with Crippen molar-refractivity contribution in [2.45, 2.75) is 32.7 Å². The summed E-state index contributed by atoms with van der Waals surface area (Å²) in [6, 6.07) is 9.32. The van der Waals surface area contributed by atoms with Crippen LogP contribution in [0.1, 0.15) is 36.9 Å². The van der Waals surface area contributed by atoms with E-state index < -0.39 is 5.97 Å². The zero-order valence-electron chi connectivity index (χ0n) is 13.1. The first-order valence-corrected chi connectivity index (χ1v) is 7.85. The van der Waals surface area contributed by atoms with Gasteiger partial charge in [-0.3, -0.25) is 9.69 Å². The second-order valence-corrected chi connectivity index (χ2v) is 5.86. The highest BCUT2D eigenvalue weighted by atomic mass is 16.4. The molecule has 1 N–H and O–H groups in total. The zero-order valence-corrected chi connectivity index (χ0v) is 13.1. The SMILES string of the molecule is CCC(c1ccc(C)cc1)N1CCN(CCC(=O)O)CC1. The number of hydrogen-bond acceptors (Lipinski definition) is 3. The average Bonchev–Trinajstić information content (AvgIpc) is 2.49. The predicted molar refractivity (Wildman–Crippen MR) is 84.5 cm³/mol. The zero-order chi connectivity index (χ0) is 15.2. The molecule has 4 nitrogen and oxygen atoms in total. The van der Waals surface area contributed by atoms with Gasteiger partial charge in [-0.1, -0.05) is 36.8 Å². The fourth-order valence-electron chi connectivity index (χ4n) is 3.05. The summed E-state index contributed by atoms with van der Waals surface area (Å²) in [6.07, 6.45) is 1.35. The molecule has 0 spiro atoms. The number of carboxylic acid groups (broad SMARTS) is 1. The van der Waals surface area contributed by atoms with Crippen molar-refractivity contribution in [3.63, 3.8) is 0 Å². The number of benzene rings is 1. The van der Waals surface area contributed by atoms with Crippen LogP contribution in [-0.4, -0.2) is 53.6 Å². The summed E-state index contributed by atoms with van der Waals surface area (Å²) in [5, 5.41) is 8.76. The Labute approximate surface area is 127 Å². The van der Waals surface area contributed by atoms with Crippen LogP contribution in [0, 0.1) is 6.92 Å². The van der Waals surface area contributed by atoms with Crippen molar-refractivity contribution in [1.82, 2.24) is 9.80 Å². The van der Waals surface area contributed by atoms with E-state index >= 15 is 0 Å². The summed E-state index contributed by atoms with van der Waals surface area (Å²) in [5.41, 5.74) is 2.69. The minimum atomic E-state index is -0.705. The van der Waals surface area contributed by atoms with Crippen molar-refractivity contribution in [2.24, 2.45) is 0 Å². The molecule has 0 amide bonds. The van der Waals surface area contributed by atoms with E-state index in [0.717, 1.165) is 32.6 Å². The van der Waals surface area contributed by atoms with Crippen LogP contribution in [0.5, 0.6) is 0 Å². The van der Waals surface area contributed by atoms with E-state index in [1.807, 2.05) is 0 Å². The van der Waals surface area contributed by atoms with Crippen LogP contribution in [0.3, 0.4) is 0 Å². The lowest BCUT2D eigenvalue weighted by Gasteiger charge is -2.39. The summed E-state index contributed by atoms with van der Waals surface area (Å²) in [7, 11) is 0. The van der Waals surface area contributed by atoms with Gasteiger partial charge >= 0.3 is 5.97 Å². The molecule has 2 rings (SSSR count). The Morgan fingerprint density at radius 1 is 1.19 bits per heavy atom. The van der Waals surface area contributed by atoms with Gasteiger partial charge in [0.05, 0.1) is 6.42 Å². The number of carbonyl (C=O) groups is 1. The van der Waals surface area contributed by atoms with Crippen molar-refractivity contribution < 1.29 is 9.90 Å². The summed E-state index contributed by atoms with van der Waals surface area (Å²) < 4.78 is 0. The Bertz CT molecular complexity index is 450. The van der Waals surface area contributed by atoms with Gasteiger partial charge in [-0.05, 0) is 18.9 Å². The molecule has 0 aliphatic carbocycles. The van der Waals surface area contributed by atoms with Crippen LogP contribution in [0.25, 0.3) is 0 Å². The van der Waals surface area contributed by atoms with Crippen LogP contribution in [-0.2, 0) is 4.79 Å². The normalized spacial score (nSPS) is 18.6. The third-order valence-corrected chi connectivity index (χ3v) is 4.34. The first-order chi connectivity index (χ1) is 10.1. The molecule has 1 aromatic rings. The molecule has 4 heteroatoms. The lowest BCUT2D eigenvalue weighted by molar-refractivity contribution is -0.137. The molecular formula is C17H26N2O2. The molecule has 1 unspecified atom stereocenters. The van der Waals surface area contributed by atoms with E-state index in [1.54, 1.807) is 0 Å². The van der Waals surface area contributed by atoms with Gasteiger partial charge in [-0.2, -0.15) is 0 Å². The van der Waals surface area contributed by atoms with Crippen molar-refractivity contribution in [1.29, 1.82) is 0 Å². The van der Waals surface area contributed by atoms with Gasteiger partial charge < -0.3 is 10.0 Å². The average molecular weight is 290 g/mol. The van der Waals surface area contributed by atoms with Crippen molar-refractivity contribution in [3.8, 4) is 0 Å². The van der Waals surface area contributed by atoms with Gasteiger partial charge in [0.2, 0.25) is 0 Å². The third-order valence-electron chi connectivity index (χ3n) is 4.34. The molecule has 0 bridgehead atoms.